The van der Waals surface area contributed by atoms with Crippen molar-refractivity contribution in [2.24, 2.45) is 0 Å². The van der Waals surface area contributed by atoms with Gasteiger partial charge in [-0.05, 0) is 43.7 Å². The highest BCUT2D eigenvalue weighted by Gasteiger charge is 2.24. The first-order valence-corrected chi connectivity index (χ1v) is 9.90. The predicted octanol–water partition coefficient (Wildman–Crippen LogP) is 3.03. The number of hydrogen-bond acceptors (Lipinski definition) is 6. The largest absolute Gasteiger partial charge is 0.363 e. The molecule has 0 spiro atoms. The molecule has 2 aromatic rings. The minimum absolute atomic E-state index is 0.0479. The smallest absolute Gasteiger partial charge is 0.246 e. The monoisotopic (exact) mass is 414 g/mol. The number of anilines is 3. The van der Waals surface area contributed by atoms with Crippen molar-refractivity contribution >= 4 is 23.4 Å². The van der Waals surface area contributed by atoms with Gasteiger partial charge in [-0.1, -0.05) is 6.58 Å². The summed E-state index contributed by atoms with van der Waals surface area (Å²) in [7, 11) is 1.93. The summed E-state index contributed by atoms with van der Waals surface area (Å²) in [5, 5.41) is 6.03. The topological polar surface area (TPSA) is 73.4 Å². The number of carbonyl (C=O) groups is 1. The number of amides is 1. The molecule has 1 saturated heterocycles. The van der Waals surface area contributed by atoms with E-state index in [2.05, 4.69) is 27.2 Å². The number of halogens is 2. The molecule has 1 atom stereocenters. The molecule has 2 N–H and O–H groups in total. The van der Waals surface area contributed by atoms with Crippen LogP contribution >= 0.6 is 0 Å². The van der Waals surface area contributed by atoms with Crippen LogP contribution in [0.1, 0.15) is 24.0 Å². The van der Waals surface area contributed by atoms with Crippen LogP contribution in [-0.2, 0) is 17.9 Å². The molecule has 0 unspecified atom stereocenters. The molecule has 0 radical (unpaired) electrons. The highest BCUT2D eigenvalue weighted by atomic mass is 19.1. The molecule has 1 aromatic heterocycles. The van der Waals surface area contributed by atoms with E-state index in [1.165, 1.54) is 12.1 Å². The first-order chi connectivity index (χ1) is 14.4. The molecule has 4 rings (SSSR count). The van der Waals surface area contributed by atoms with Gasteiger partial charge in [-0.2, -0.15) is 4.98 Å². The molecule has 7 nitrogen and oxygen atoms in total. The molecule has 0 bridgehead atoms. The Morgan fingerprint density at radius 2 is 2.13 bits per heavy atom. The van der Waals surface area contributed by atoms with Crippen LogP contribution in [0.4, 0.5) is 26.2 Å². The molecule has 0 aliphatic carbocycles. The Labute approximate surface area is 173 Å². The van der Waals surface area contributed by atoms with E-state index >= 15 is 0 Å². The van der Waals surface area contributed by atoms with E-state index in [1.807, 2.05) is 18.0 Å². The van der Waals surface area contributed by atoms with E-state index in [1.54, 1.807) is 4.90 Å². The van der Waals surface area contributed by atoms with Crippen molar-refractivity contribution in [2.75, 3.05) is 30.8 Å². The predicted molar refractivity (Wildman–Crippen MR) is 110 cm³/mol. The lowest BCUT2D eigenvalue weighted by Crippen LogP contribution is -2.44. The molecule has 158 valence electrons. The van der Waals surface area contributed by atoms with Crippen molar-refractivity contribution in [2.45, 2.75) is 32.0 Å². The lowest BCUT2D eigenvalue weighted by atomic mass is 10.1. The molecule has 9 heteroatoms. The van der Waals surface area contributed by atoms with Gasteiger partial charge in [0, 0.05) is 43.5 Å². The second kappa shape index (κ2) is 8.35. The number of benzene rings is 1. The minimum Gasteiger partial charge on any atom is -0.363 e. The third-order valence-corrected chi connectivity index (χ3v) is 5.40. The fraction of sp³-hybridized carbons (Fsp3) is 0.381. The normalized spacial score (nSPS) is 18.8. The van der Waals surface area contributed by atoms with Crippen LogP contribution in [0.2, 0.25) is 0 Å². The van der Waals surface area contributed by atoms with Gasteiger partial charge in [0.05, 0.1) is 6.20 Å². The van der Waals surface area contributed by atoms with E-state index in [9.17, 15) is 13.6 Å². The lowest BCUT2D eigenvalue weighted by Gasteiger charge is -2.32. The van der Waals surface area contributed by atoms with Crippen LogP contribution in [0.15, 0.2) is 31.0 Å². The van der Waals surface area contributed by atoms with E-state index in [-0.39, 0.29) is 29.5 Å². The molecular weight excluding hydrogens is 390 g/mol. The highest BCUT2D eigenvalue weighted by Crippen LogP contribution is 2.29. The average Bonchev–Trinajstić information content (AvgIpc) is 3.11. The fourth-order valence-electron chi connectivity index (χ4n) is 3.98. The summed E-state index contributed by atoms with van der Waals surface area (Å²) in [5.74, 6) is -0.800. The number of aromatic nitrogens is 2. The van der Waals surface area contributed by atoms with E-state index < -0.39 is 5.82 Å². The average molecular weight is 414 g/mol. The number of likely N-dealkylation sites (tertiary alicyclic amines) is 1. The standard InChI is InChI=1S/C21H24F2N6O/c1-3-19(30)29-6-4-5-14(11-29)25-20-18(23)9-24-21(27-20)26-15-7-13-10-28(2)12-16(13)17(22)8-15/h3,7-9,14H,1,4-6,10-12H2,2H3,(H2,24,25,26,27)/t14-/m1/s1. The van der Waals surface area contributed by atoms with Gasteiger partial charge in [0.15, 0.2) is 11.6 Å². The van der Waals surface area contributed by atoms with Gasteiger partial charge in [-0.3, -0.25) is 9.69 Å². The van der Waals surface area contributed by atoms with E-state index in [4.69, 9.17) is 0 Å². The number of hydrogen-bond donors (Lipinski definition) is 2. The molecular formula is C21H24F2N6O. The summed E-state index contributed by atoms with van der Waals surface area (Å²) in [4.78, 5) is 23.8. The van der Waals surface area contributed by atoms with Crippen molar-refractivity contribution in [3.05, 3.63) is 53.7 Å². The Kier molecular flexibility index (Phi) is 5.63. The SMILES string of the molecule is C=CC(=O)N1CCC[C@@H](Nc2nc(Nc3cc(F)c4c(c3)CN(C)C4)ncc2F)C1. The van der Waals surface area contributed by atoms with Crippen molar-refractivity contribution in [3.63, 3.8) is 0 Å². The maximum absolute atomic E-state index is 14.4. The zero-order valence-electron chi connectivity index (χ0n) is 16.8. The number of carbonyl (C=O) groups excluding carboxylic acids is 1. The van der Waals surface area contributed by atoms with Gasteiger partial charge in [0.1, 0.15) is 5.82 Å². The summed E-state index contributed by atoms with van der Waals surface area (Å²) in [6, 6.07) is 3.13. The van der Waals surface area contributed by atoms with Gasteiger partial charge in [0.2, 0.25) is 11.9 Å². The van der Waals surface area contributed by atoms with E-state index in [0.29, 0.717) is 37.4 Å². The molecule has 1 fully saturated rings. The summed E-state index contributed by atoms with van der Waals surface area (Å²) in [6.45, 7) is 5.86. The van der Waals surface area contributed by atoms with E-state index in [0.717, 1.165) is 24.6 Å². The Bertz CT molecular complexity index is 982. The summed E-state index contributed by atoms with van der Waals surface area (Å²) >= 11 is 0. The van der Waals surface area contributed by atoms with Gasteiger partial charge >= 0.3 is 0 Å². The third kappa shape index (κ3) is 4.25. The van der Waals surface area contributed by atoms with Crippen molar-refractivity contribution in [1.82, 2.24) is 19.8 Å². The van der Waals surface area contributed by atoms with Crippen LogP contribution in [0.3, 0.4) is 0 Å². The fourth-order valence-corrected chi connectivity index (χ4v) is 3.98. The van der Waals surface area contributed by atoms with Crippen molar-refractivity contribution < 1.29 is 13.6 Å². The second-order valence-electron chi connectivity index (χ2n) is 7.76. The number of piperidine rings is 1. The third-order valence-electron chi connectivity index (χ3n) is 5.40. The Balaban J connectivity index is 1.49. The van der Waals surface area contributed by atoms with Crippen LogP contribution in [0.5, 0.6) is 0 Å². The molecule has 3 heterocycles. The molecule has 2 aliphatic rings. The summed E-state index contributed by atoms with van der Waals surface area (Å²) in [5.41, 5.74) is 2.12. The molecule has 0 saturated carbocycles. The minimum atomic E-state index is -0.588. The maximum atomic E-state index is 14.4. The summed E-state index contributed by atoms with van der Waals surface area (Å²) < 4.78 is 28.7. The van der Waals surface area contributed by atoms with Gasteiger partial charge in [0.25, 0.3) is 0 Å². The molecule has 30 heavy (non-hydrogen) atoms. The second-order valence-corrected chi connectivity index (χ2v) is 7.76. The Hall–Kier alpha value is -3.07. The Morgan fingerprint density at radius 1 is 1.30 bits per heavy atom. The van der Waals surface area contributed by atoms with Crippen LogP contribution < -0.4 is 10.6 Å². The van der Waals surface area contributed by atoms with Gasteiger partial charge in [-0.15, -0.1) is 0 Å². The Morgan fingerprint density at radius 3 is 2.93 bits per heavy atom. The number of fused-ring (bicyclic) bond motifs is 1. The zero-order valence-corrected chi connectivity index (χ0v) is 16.8. The first-order valence-electron chi connectivity index (χ1n) is 9.90. The maximum Gasteiger partial charge on any atom is 0.246 e. The molecule has 1 aromatic carbocycles. The lowest BCUT2D eigenvalue weighted by molar-refractivity contribution is -0.127. The number of nitrogens with zero attached hydrogens (tertiary/aromatic N) is 4. The number of rotatable bonds is 5. The van der Waals surface area contributed by atoms with Crippen molar-refractivity contribution in [3.8, 4) is 0 Å². The highest BCUT2D eigenvalue weighted by molar-refractivity contribution is 5.87. The first kappa shape index (κ1) is 20.2. The van der Waals surface area contributed by atoms with Crippen LogP contribution in [0, 0.1) is 11.6 Å². The van der Waals surface area contributed by atoms with Crippen molar-refractivity contribution in [1.29, 1.82) is 0 Å². The quantitative estimate of drug-likeness (QED) is 0.733. The summed E-state index contributed by atoms with van der Waals surface area (Å²) in [6.07, 6.45) is 3.95. The number of nitrogens with one attached hydrogen (secondary N) is 2. The van der Waals surface area contributed by atoms with Gasteiger partial charge < -0.3 is 15.5 Å². The van der Waals surface area contributed by atoms with Gasteiger partial charge in [-0.25, -0.2) is 13.8 Å². The molecule has 1 amide bonds. The van der Waals surface area contributed by atoms with Crippen LogP contribution in [-0.4, -0.2) is 51.9 Å². The molecule has 2 aliphatic heterocycles. The zero-order chi connectivity index (χ0) is 21.3. The van der Waals surface area contributed by atoms with Crippen LogP contribution in [0.25, 0.3) is 0 Å².